The van der Waals surface area contributed by atoms with E-state index in [0.717, 1.165) is 42.2 Å². The number of anilines is 1. The number of nitrogens with one attached hydrogen (secondary N) is 1. The summed E-state index contributed by atoms with van der Waals surface area (Å²) in [5, 5.41) is 5.87. The Hall–Kier alpha value is -2.87. The van der Waals surface area contributed by atoms with Crippen LogP contribution in [0, 0.1) is 6.92 Å². The summed E-state index contributed by atoms with van der Waals surface area (Å²) < 4.78 is 0. The van der Waals surface area contributed by atoms with Crippen LogP contribution in [0.5, 0.6) is 0 Å². The molecule has 4 rings (SSSR count). The molecule has 4 heterocycles. The second kappa shape index (κ2) is 8.43. The molecule has 0 spiro atoms. The molecular weight excluding hydrogens is 372 g/mol. The Morgan fingerprint density at radius 3 is 2.68 bits per heavy atom. The minimum atomic E-state index is -0.206. The van der Waals surface area contributed by atoms with E-state index < -0.39 is 0 Å². The minimum Gasteiger partial charge on any atom is -0.346 e. The van der Waals surface area contributed by atoms with E-state index in [1.807, 2.05) is 24.4 Å². The van der Waals surface area contributed by atoms with Gasteiger partial charge in [0.25, 0.3) is 5.91 Å². The predicted molar refractivity (Wildman–Crippen MR) is 109 cm³/mol. The molecule has 1 fully saturated rings. The Labute approximate surface area is 167 Å². The summed E-state index contributed by atoms with van der Waals surface area (Å²) >= 11 is 1.57. The smallest absolute Gasteiger partial charge is 0.255 e. The number of carbonyl (C=O) groups is 1. The Bertz CT molecular complexity index is 952. The first-order valence-electron chi connectivity index (χ1n) is 9.42. The fraction of sp³-hybridized carbons (Fsp3) is 0.350. The Balaban J connectivity index is 1.62. The molecule has 1 saturated heterocycles. The van der Waals surface area contributed by atoms with Gasteiger partial charge in [0.2, 0.25) is 5.95 Å². The van der Waals surface area contributed by atoms with Gasteiger partial charge in [0, 0.05) is 42.6 Å². The number of rotatable bonds is 5. The molecule has 3 aromatic heterocycles. The maximum Gasteiger partial charge on any atom is 0.255 e. The lowest BCUT2D eigenvalue weighted by molar-refractivity contribution is 0.0950. The van der Waals surface area contributed by atoms with Crippen LogP contribution in [0.3, 0.4) is 0 Å². The molecule has 28 heavy (non-hydrogen) atoms. The quantitative estimate of drug-likeness (QED) is 0.715. The molecule has 0 aliphatic carbocycles. The second-order valence-corrected chi connectivity index (χ2v) is 7.82. The SMILES string of the molecule is Cc1nc(CNC(=O)c2cnc(N3CCCCC3)nc2-c2ccncc2)cs1. The number of amides is 1. The lowest BCUT2D eigenvalue weighted by Crippen LogP contribution is -2.31. The van der Waals surface area contributed by atoms with Gasteiger partial charge in [-0.2, -0.15) is 0 Å². The predicted octanol–water partition coefficient (Wildman–Crippen LogP) is 3.22. The lowest BCUT2D eigenvalue weighted by Gasteiger charge is -2.27. The first kappa shape index (κ1) is 18.5. The number of pyridine rings is 1. The van der Waals surface area contributed by atoms with Gasteiger partial charge in [-0.15, -0.1) is 11.3 Å². The summed E-state index contributed by atoms with van der Waals surface area (Å²) in [4.78, 5) is 32.8. The van der Waals surface area contributed by atoms with Crippen molar-refractivity contribution in [2.45, 2.75) is 32.7 Å². The van der Waals surface area contributed by atoms with E-state index >= 15 is 0 Å². The van der Waals surface area contributed by atoms with E-state index in [4.69, 9.17) is 4.98 Å². The number of thiazole rings is 1. The van der Waals surface area contributed by atoms with Crippen LogP contribution < -0.4 is 10.2 Å². The maximum atomic E-state index is 12.9. The molecule has 144 valence electrons. The molecule has 7 nitrogen and oxygen atoms in total. The monoisotopic (exact) mass is 394 g/mol. The van der Waals surface area contributed by atoms with E-state index in [1.165, 1.54) is 6.42 Å². The maximum absolute atomic E-state index is 12.9. The van der Waals surface area contributed by atoms with Crippen molar-refractivity contribution in [3.05, 3.63) is 52.4 Å². The average molecular weight is 395 g/mol. The first-order chi connectivity index (χ1) is 13.7. The van der Waals surface area contributed by atoms with Crippen LogP contribution in [0.2, 0.25) is 0 Å². The molecule has 1 aliphatic rings. The Kier molecular flexibility index (Phi) is 5.57. The number of aromatic nitrogens is 4. The summed E-state index contributed by atoms with van der Waals surface area (Å²) in [6.07, 6.45) is 8.57. The van der Waals surface area contributed by atoms with Crippen molar-refractivity contribution in [3.8, 4) is 11.3 Å². The third-order valence-corrected chi connectivity index (χ3v) is 5.53. The second-order valence-electron chi connectivity index (χ2n) is 6.76. The van der Waals surface area contributed by atoms with Crippen LogP contribution in [0.4, 0.5) is 5.95 Å². The van der Waals surface area contributed by atoms with Gasteiger partial charge in [-0.3, -0.25) is 9.78 Å². The van der Waals surface area contributed by atoms with Crippen molar-refractivity contribution in [2.24, 2.45) is 0 Å². The molecule has 0 unspecified atom stereocenters. The largest absolute Gasteiger partial charge is 0.346 e. The summed E-state index contributed by atoms with van der Waals surface area (Å²) in [5.74, 6) is 0.473. The van der Waals surface area contributed by atoms with Crippen LogP contribution in [0.1, 0.15) is 40.3 Å². The van der Waals surface area contributed by atoms with Crippen molar-refractivity contribution in [3.63, 3.8) is 0 Å². The Morgan fingerprint density at radius 1 is 1.18 bits per heavy atom. The molecule has 0 saturated carbocycles. The number of piperidine rings is 1. The van der Waals surface area contributed by atoms with E-state index in [9.17, 15) is 4.79 Å². The normalized spacial score (nSPS) is 14.1. The molecular formula is C20H22N6OS. The summed E-state index contributed by atoms with van der Waals surface area (Å²) in [6.45, 7) is 4.23. The third kappa shape index (κ3) is 4.17. The van der Waals surface area contributed by atoms with Gasteiger partial charge in [-0.05, 0) is 38.3 Å². The van der Waals surface area contributed by atoms with E-state index in [0.29, 0.717) is 23.8 Å². The summed E-state index contributed by atoms with van der Waals surface area (Å²) in [6, 6.07) is 3.73. The van der Waals surface area contributed by atoms with Crippen molar-refractivity contribution < 1.29 is 4.79 Å². The number of hydrogen-bond donors (Lipinski definition) is 1. The third-order valence-electron chi connectivity index (χ3n) is 4.71. The fourth-order valence-electron chi connectivity index (χ4n) is 3.27. The highest BCUT2D eigenvalue weighted by atomic mass is 32.1. The van der Waals surface area contributed by atoms with Crippen molar-refractivity contribution in [2.75, 3.05) is 18.0 Å². The highest BCUT2D eigenvalue weighted by Gasteiger charge is 2.20. The van der Waals surface area contributed by atoms with Gasteiger partial charge in [0.15, 0.2) is 0 Å². The van der Waals surface area contributed by atoms with Gasteiger partial charge in [0.05, 0.1) is 28.5 Å². The van der Waals surface area contributed by atoms with Gasteiger partial charge < -0.3 is 10.2 Å². The highest BCUT2D eigenvalue weighted by Crippen LogP contribution is 2.24. The van der Waals surface area contributed by atoms with Crippen molar-refractivity contribution in [1.29, 1.82) is 0 Å². The molecule has 8 heteroatoms. The zero-order valence-corrected chi connectivity index (χ0v) is 16.6. The molecule has 1 N–H and O–H groups in total. The molecule has 3 aromatic rings. The van der Waals surface area contributed by atoms with Crippen LogP contribution in [0.25, 0.3) is 11.3 Å². The first-order valence-corrected chi connectivity index (χ1v) is 10.3. The lowest BCUT2D eigenvalue weighted by atomic mass is 10.1. The van der Waals surface area contributed by atoms with Crippen LogP contribution in [0.15, 0.2) is 36.1 Å². The van der Waals surface area contributed by atoms with Gasteiger partial charge in [-0.25, -0.2) is 15.0 Å². The molecule has 0 atom stereocenters. The molecule has 0 aromatic carbocycles. The Morgan fingerprint density at radius 2 is 1.96 bits per heavy atom. The molecule has 0 bridgehead atoms. The highest BCUT2D eigenvalue weighted by molar-refractivity contribution is 7.09. The number of aryl methyl sites for hydroxylation is 1. The zero-order chi connectivity index (χ0) is 19.3. The number of hydrogen-bond acceptors (Lipinski definition) is 7. The van der Waals surface area contributed by atoms with E-state index in [1.54, 1.807) is 29.9 Å². The van der Waals surface area contributed by atoms with Gasteiger partial charge >= 0.3 is 0 Å². The molecule has 1 amide bonds. The molecule has 0 radical (unpaired) electrons. The number of nitrogens with zero attached hydrogens (tertiary/aromatic N) is 5. The van der Waals surface area contributed by atoms with Crippen molar-refractivity contribution in [1.82, 2.24) is 25.3 Å². The van der Waals surface area contributed by atoms with Crippen LogP contribution >= 0.6 is 11.3 Å². The number of carbonyl (C=O) groups excluding carboxylic acids is 1. The summed E-state index contributed by atoms with van der Waals surface area (Å²) in [5.41, 5.74) is 2.79. The minimum absolute atomic E-state index is 0.206. The summed E-state index contributed by atoms with van der Waals surface area (Å²) in [7, 11) is 0. The van der Waals surface area contributed by atoms with Gasteiger partial charge in [-0.1, -0.05) is 0 Å². The topological polar surface area (TPSA) is 83.9 Å². The standard InChI is InChI=1S/C20H22N6OS/c1-14-24-16(13-28-14)11-22-19(27)17-12-23-20(26-9-3-2-4-10-26)25-18(17)15-5-7-21-8-6-15/h5-8,12-13H,2-4,9-11H2,1H3,(H,22,27). The van der Waals surface area contributed by atoms with Crippen LogP contribution in [-0.2, 0) is 6.54 Å². The van der Waals surface area contributed by atoms with Crippen molar-refractivity contribution >= 4 is 23.2 Å². The van der Waals surface area contributed by atoms with E-state index in [-0.39, 0.29) is 5.91 Å². The zero-order valence-electron chi connectivity index (χ0n) is 15.8. The average Bonchev–Trinajstić information content (AvgIpc) is 3.18. The molecule has 1 aliphatic heterocycles. The van der Waals surface area contributed by atoms with Crippen LogP contribution in [-0.4, -0.2) is 38.9 Å². The van der Waals surface area contributed by atoms with E-state index in [2.05, 4.69) is 25.2 Å². The van der Waals surface area contributed by atoms with Gasteiger partial charge in [0.1, 0.15) is 0 Å². The fourth-order valence-corrected chi connectivity index (χ4v) is 3.88.